The standard InChI is InChI=1S/C14H14O3/c1-3-10-8-13(16)11-6-4-5-7-12(11)14(10)17-9(2)15/h4-8,16H,3H2,1-2H3. The molecule has 3 nitrogen and oxygen atoms in total. The van der Waals surface area contributed by atoms with Crippen LogP contribution in [0.25, 0.3) is 10.8 Å². The Morgan fingerprint density at radius 3 is 2.53 bits per heavy atom. The molecule has 0 saturated heterocycles. The Morgan fingerprint density at radius 2 is 1.94 bits per heavy atom. The van der Waals surface area contributed by atoms with Gasteiger partial charge in [0.15, 0.2) is 0 Å². The second kappa shape index (κ2) is 4.45. The van der Waals surface area contributed by atoms with Crippen LogP contribution >= 0.6 is 0 Å². The number of ether oxygens (including phenoxy) is 1. The van der Waals surface area contributed by atoms with Gasteiger partial charge in [-0.3, -0.25) is 4.79 Å². The van der Waals surface area contributed by atoms with Gasteiger partial charge < -0.3 is 9.84 Å². The van der Waals surface area contributed by atoms with Gasteiger partial charge in [0.25, 0.3) is 0 Å². The van der Waals surface area contributed by atoms with Crippen molar-refractivity contribution in [3.05, 3.63) is 35.9 Å². The zero-order valence-electron chi connectivity index (χ0n) is 9.86. The summed E-state index contributed by atoms with van der Waals surface area (Å²) in [4.78, 5) is 11.1. The molecule has 17 heavy (non-hydrogen) atoms. The summed E-state index contributed by atoms with van der Waals surface area (Å²) in [7, 11) is 0. The fraction of sp³-hybridized carbons (Fsp3) is 0.214. The molecule has 2 rings (SSSR count). The molecule has 0 aliphatic carbocycles. The van der Waals surface area contributed by atoms with Crippen molar-refractivity contribution in [1.82, 2.24) is 0 Å². The fourth-order valence-corrected chi connectivity index (χ4v) is 1.91. The molecule has 88 valence electrons. The number of phenols is 1. The smallest absolute Gasteiger partial charge is 0.308 e. The van der Waals surface area contributed by atoms with Crippen molar-refractivity contribution in [2.75, 3.05) is 0 Å². The van der Waals surface area contributed by atoms with E-state index in [1.165, 1.54) is 6.92 Å². The number of carbonyl (C=O) groups excluding carboxylic acids is 1. The van der Waals surface area contributed by atoms with Gasteiger partial charge in [0.1, 0.15) is 11.5 Å². The van der Waals surface area contributed by atoms with Crippen molar-refractivity contribution >= 4 is 16.7 Å². The summed E-state index contributed by atoms with van der Waals surface area (Å²) in [5, 5.41) is 11.4. The summed E-state index contributed by atoms with van der Waals surface area (Å²) in [5.74, 6) is 0.414. The highest BCUT2D eigenvalue weighted by atomic mass is 16.5. The molecule has 3 heteroatoms. The summed E-state index contributed by atoms with van der Waals surface area (Å²) in [6, 6.07) is 8.99. The predicted octanol–water partition coefficient (Wildman–Crippen LogP) is 3.03. The van der Waals surface area contributed by atoms with Crippen LogP contribution < -0.4 is 4.74 Å². The molecule has 0 spiro atoms. The third-order valence-electron chi connectivity index (χ3n) is 2.68. The van der Waals surface area contributed by atoms with E-state index in [0.717, 1.165) is 10.9 Å². The Hall–Kier alpha value is -2.03. The van der Waals surface area contributed by atoms with E-state index in [1.807, 2.05) is 25.1 Å². The number of fused-ring (bicyclic) bond motifs is 1. The van der Waals surface area contributed by atoms with Gasteiger partial charge in [-0.05, 0) is 18.1 Å². The van der Waals surface area contributed by atoms with E-state index in [2.05, 4.69) is 0 Å². The number of hydrogen-bond acceptors (Lipinski definition) is 3. The zero-order chi connectivity index (χ0) is 12.4. The third kappa shape index (κ3) is 2.09. The number of hydrogen-bond donors (Lipinski definition) is 1. The Labute approximate surface area is 99.6 Å². The average molecular weight is 230 g/mol. The van der Waals surface area contributed by atoms with Crippen LogP contribution in [0, 0.1) is 0 Å². The molecule has 2 aromatic carbocycles. The Balaban J connectivity index is 2.76. The van der Waals surface area contributed by atoms with Crippen molar-refractivity contribution < 1.29 is 14.6 Å². The van der Waals surface area contributed by atoms with Gasteiger partial charge in [-0.1, -0.05) is 31.2 Å². The maximum Gasteiger partial charge on any atom is 0.308 e. The Bertz CT molecular complexity index is 573. The first-order valence-corrected chi connectivity index (χ1v) is 5.55. The monoisotopic (exact) mass is 230 g/mol. The van der Waals surface area contributed by atoms with Crippen LogP contribution in [0.4, 0.5) is 0 Å². The number of benzene rings is 2. The van der Waals surface area contributed by atoms with E-state index in [-0.39, 0.29) is 11.7 Å². The molecule has 0 radical (unpaired) electrons. The highest BCUT2D eigenvalue weighted by Crippen LogP contribution is 2.36. The predicted molar refractivity (Wildman–Crippen MR) is 66.3 cm³/mol. The summed E-state index contributed by atoms with van der Waals surface area (Å²) in [6.07, 6.45) is 0.695. The molecule has 1 N–H and O–H groups in total. The Kier molecular flexibility index (Phi) is 3.00. The van der Waals surface area contributed by atoms with E-state index in [1.54, 1.807) is 12.1 Å². The molecule has 0 aliphatic heterocycles. The average Bonchev–Trinajstić information content (AvgIpc) is 2.32. The Morgan fingerprint density at radius 1 is 1.29 bits per heavy atom. The van der Waals surface area contributed by atoms with Crippen LogP contribution in [0.2, 0.25) is 0 Å². The summed E-state index contributed by atoms with van der Waals surface area (Å²) in [5.41, 5.74) is 0.830. The van der Waals surface area contributed by atoms with Gasteiger partial charge in [-0.15, -0.1) is 0 Å². The SMILES string of the molecule is CCc1cc(O)c2ccccc2c1OC(C)=O. The molecule has 0 heterocycles. The van der Waals surface area contributed by atoms with Crippen molar-refractivity contribution in [1.29, 1.82) is 0 Å². The molecule has 0 aliphatic rings. The molecule has 0 fully saturated rings. The van der Waals surface area contributed by atoms with Crippen molar-refractivity contribution in [2.45, 2.75) is 20.3 Å². The van der Waals surface area contributed by atoms with Crippen molar-refractivity contribution in [3.8, 4) is 11.5 Å². The first kappa shape index (κ1) is 11.5. The molecule has 0 amide bonds. The number of phenolic OH excluding ortho intramolecular Hbond substituents is 1. The van der Waals surface area contributed by atoms with E-state index < -0.39 is 0 Å². The number of rotatable bonds is 2. The van der Waals surface area contributed by atoms with Gasteiger partial charge in [-0.2, -0.15) is 0 Å². The third-order valence-corrected chi connectivity index (χ3v) is 2.68. The lowest BCUT2D eigenvalue weighted by Gasteiger charge is -2.12. The van der Waals surface area contributed by atoms with Crippen LogP contribution in [-0.4, -0.2) is 11.1 Å². The van der Waals surface area contributed by atoms with Crippen LogP contribution in [0.3, 0.4) is 0 Å². The van der Waals surface area contributed by atoms with Gasteiger partial charge in [-0.25, -0.2) is 0 Å². The molecule has 0 aromatic heterocycles. The van der Waals surface area contributed by atoms with E-state index >= 15 is 0 Å². The quantitative estimate of drug-likeness (QED) is 0.637. The van der Waals surface area contributed by atoms with Crippen molar-refractivity contribution in [2.24, 2.45) is 0 Å². The van der Waals surface area contributed by atoms with Crippen LogP contribution in [0.1, 0.15) is 19.4 Å². The molecule has 0 saturated carbocycles. The summed E-state index contributed by atoms with van der Waals surface area (Å²) >= 11 is 0. The maximum atomic E-state index is 11.1. The lowest BCUT2D eigenvalue weighted by molar-refractivity contribution is -0.131. The van der Waals surface area contributed by atoms with Crippen LogP contribution in [0.5, 0.6) is 11.5 Å². The van der Waals surface area contributed by atoms with Gasteiger partial charge in [0.2, 0.25) is 0 Å². The van der Waals surface area contributed by atoms with E-state index in [9.17, 15) is 9.90 Å². The van der Waals surface area contributed by atoms with E-state index in [4.69, 9.17) is 4.74 Å². The topological polar surface area (TPSA) is 46.5 Å². The normalized spacial score (nSPS) is 10.5. The first-order chi connectivity index (χ1) is 8.13. The minimum Gasteiger partial charge on any atom is -0.507 e. The van der Waals surface area contributed by atoms with Gasteiger partial charge in [0, 0.05) is 17.7 Å². The second-order valence-electron chi connectivity index (χ2n) is 3.88. The second-order valence-corrected chi connectivity index (χ2v) is 3.88. The fourth-order valence-electron chi connectivity index (χ4n) is 1.91. The molecular formula is C14H14O3. The van der Waals surface area contributed by atoms with Crippen molar-refractivity contribution in [3.63, 3.8) is 0 Å². The van der Waals surface area contributed by atoms with Crippen LogP contribution in [0.15, 0.2) is 30.3 Å². The molecule has 2 aromatic rings. The lowest BCUT2D eigenvalue weighted by Crippen LogP contribution is -2.04. The number of aryl methyl sites for hydroxylation is 1. The molecule has 0 atom stereocenters. The zero-order valence-corrected chi connectivity index (χ0v) is 9.86. The summed E-state index contributed by atoms with van der Waals surface area (Å²) in [6.45, 7) is 3.33. The maximum absolute atomic E-state index is 11.1. The summed E-state index contributed by atoms with van der Waals surface area (Å²) < 4.78 is 5.25. The lowest BCUT2D eigenvalue weighted by atomic mass is 10.0. The highest BCUT2D eigenvalue weighted by Gasteiger charge is 2.13. The van der Waals surface area contributed by atoms with Crippen LogP contribution in [-0.2, 0) is 11.2 Å². The highest BCUT2D eigenvalue weighted by molar-refractivity contribution is 5.95. The number of aromatic hydroxyl groups is 1. The number of esters is 1. The van der Waals surface area contributed by atoms with Gasteiger partial charge in [0.05, 0.1) is 0 Å². The first-order valence-electron chi connectivity index (χ1n) is 5.55. The molecule has 0 unspecified atom stereocenters. The molecular weight excluding hydrogens is 216 g/mol. The minimum atomic E-state index is -0.351. The van der Waals surface area contributed by atoms with Gasteiger partial charge >= 0.3 is 5.97 Å². The largest absolute Gasteiger partial charge is 0.507 e. The van der Waals surface area contributed by atoms with E-state index in [0.29, 0.717) is 17.6 Å². The number of carbonyl (C=O) groups is 1. The minimum absolute atomic E-state index is 0.216. The molecule has 0 bridgehead atoms.